The Bertz CT molecular complexity index is 196. The number of carboxylic acid groups (broad SMARTS) is 1. The molecule has 2 rings (SSSR count). The number of nitrogens with one attached hydrogen (secondary N) is 1. The molecule has 1 amide bonds. The summed E-state index contributed by atoms with van der Waals surface area (Å²) < 4.78 is 1.39. The van der Waals surface area contributed by atoms with Crippen LogP contribution in [0.25, 0.3) is 0 Å². The fourth-order valence-electron chi connectivity index (χ4n) is 1.70. The van der Waals surface area contributed by atoms with Gasteiger partial charge in [-0.2, -0.15) is 0 Å². The average molecular weight is 188 g/mol. The summed E-state index contributed by atoms with van der Waals surface area (Å²) in [5, 5.41) is 12.0. The number of hydrogen-bond donors (Lipinski definition) is 2. The van der Waals surface area contributed by atoms with E-state index in [-0.39, 0.29) is 4.87 Å². The van der Waals surface area contributed by atoms with Crippen molar-refractivity contribution in [2.75, 3.05) is 13.1 Å². The second kappa shape index (κ2) is 2.81. The number of hydrogen-bond acceptors (Lipinski definition) is 3. The van der Waals surface area contributed by atoms with E-state index in [0.29, 0.717) is 6.54 Å². The van der Waals surface area contributed by atoms with Gasteiger partial charge in [0.15, 0.2) is 0 Å². The lowest BCUT2D eigenvalue weighted by Gasteiger charge is -2.49. The molecular weight excluding hydrogens is 176 g/mol. The molecule has 1 atom stereocenters. The van der Waals surface area contributed by atoms with Crippen LogP contribution in [0, 0.1) is 0 Å². The fourth-order valence-corrected chi connectivity index (χ4v) is 2.86. The zero-order valence-electron chi connectivity index (χ0n) is 6.75. The smallest absolute Gasteiger partial charge is 0.417 e. The third kappa shape index (κ3) is 1.27. The normalized spacial score (nSPS) is 34.8. The minimum atomic E-state index is -0.821. The number of rotatable bonds is 0. The molecule has 4 nitrogen and oxygen atoms in total. The van der Waals surface area contributed by atoms with Gasteiger partial charge in [-0.3, -0.25) is 5.32 Å². The highest BCUT2D eigenvalue weighted by Crippen LogP contribution is 2.43. The van der Waals surface area contributed by atoms with Gasteiger partial charge < -0.3 is 5.11 Å². The van der Waals surface area contributed by atoms with Gasteiger partial charge in [-0.1, -0.05) is 0 Å². The summed E-state index contributed by atoms with van der Waals surface area (Å²) in [7, 11) is 0. The SMILES string of the molecule is O=C(O)N1CC2(CCCCN2)S1. The number of carbonyl (C=O) groups is 1. The van der Waals surface area contributed by atoms with Crippen LogP contribution in [0.2, 0.25) is 0 Å². The highest BCUT2D eigenvalue weighted by molar-refractivity contribution is 8.00. The summed E-state index contributed by atoms with van der Waals surface area (Å²) in [6, 6.07) is 0. The van der Waals surface area contributed by atoms with Crippen LogP contribution in [0.15, 0.2) is 0 Å². The predicted octanol–water partition coefficient (Wildman–Crippen LogP) is 1.10. The molecule has 0 aromatic heterocycles. The first-order chi connectivity index (χ1) is 5.72. The zero-order chi connectivity index (χ0) is 8.60. The Morgan fingerprint density at radius 2 is 2.33 bits per heavy atom. The van der Waals surface area contributed by atoms with E-state index in [1.165, 1.54) is 29.1 Å². The molecule has 0 bridgehead atoms. The Labute approximate surface area is 75.4 Å². The van der Waals surface area contributed by atoms with Gasteiger partial charge >= 0.3 is 6.09 Å². The molecule has 2 aliphatic rings. The number of nitrogens with zero attached hydrogens (tertiary/aromatic N) is 1. The van der Waals surface area contributed by atoms with Gasteiger partial charge in [-0.25, -0.2) is 9.10 Å². The second-order valence-corrected chi connectivity index (χ2v) is 4.69. The van der Waals surface area contributed by atoms with Gasteiger partial charge in [0.05, 0.1) is 6.54 Å². The van der Waals surface area contributed by atoms with Crippen LogP contribution in [0.3, 0.4) is 0 Å². The summed E-state index contributed by atoms with van der Waals surface area (Å²) in [4.78, 5) is 10.6. The molecule has 1 unspecified atom stereocenters. The standard InChI is InChI=1S/C7H12N2O2S/c10-6(11)9-5-7(12-9)3-1-2-4-8-7/h8H,1-5H2,(H,10,11). The Kier molecular flexibility index (Phi) is 1.92. The van der Waals surface area contributed by atoms with E-state index in [1.54, 1.807) is 0 Å². The molecule has 2 saturated heterocycles. The van der Waals surface area contributed by atoms with Crippen molar-refractivity contribution in [1.82, 2.24) is 9.62 Å². The van der Waals surface area contributed by atoms with Gasteiger partial charge in [0.25, 0.3) is 0 Å². The van der Waals surface area contributed by atoms with E-state index in [1.807, 2.05) is 0 Å². The molecule has 12 heavy (non-hydrogen) atoms. The Balaban J connectivity index is 1.88. The molecule has 68 valence electrons. The largest absolute Gasteiger partial charge is 0.464 e. The molecule has 0 aromatic carbocycles. The van der Waals surface area contributed by atoms with Gasteiger partial charge in [0.2, 0.25) is 0 Å². The average Bonchev–Trinajstić information content (AvgIpc) is 2.01. The maximum Gasteiger partial charge on any atom is 0.417 e. The molecule has 0 radical (unpaired) electrons. The first kappa shape index (κ1) is 8.19. The molecule has 2 heterocycles. The van der Waals surface area contributed by atoms with Crippen LogP contribution in [0.5, 0.6) is 0 Å². The highest BCUT2D eigenvalue weighted by Gasteiger charge is 2.47. The molecule has 0 aromatic rings. The van der Waals surface area contributed by atoms with Gasteiger partial charge in [0, 0.05) is 0 Å². The van der Waals surface area contributed by atoms with E-state index in [4.69, 9.17) is 5.11 Å². The zero-order valence-corrected chi connectivity index (χ0v) is 7.56. The third-order valence-corrected chi connectivity index (χ3v) is 3.68. The van der Waals surface area contributed by atoms with Crippen LogP contribution < -0.4 is 5.32 Å². The van der Waals surface area contributed by atoms with E-state index >= 15 is 0 Å². The van der Waals surface area contributed by atoms with Crippen LogP contribution in [-0.2, 0) is 0 Å². The molecule has 1 spiro atoms. The van der Waals surface area contributed by atoms with Crippen molar-refractivity contribution in [1.29, 1.82) is 0 Å². The van der Waals surface area contributed by atoms with Crippen LogP contribution in [0.4, 0.5) is 4.79 Å². The Morgan fingerprint density at radius 3 is 2.83 bits per heavy atom. The number of piperidine rings is 1. The van der Waals surface area contributed by atoms with E-state index in [9.17, 15) is 4.79 Å². The van der Waals surface area contributed by atoms with Gasteiger partial charge in [0.1, 0.15) is 4.87 Å². The topological polar surface area (TPSA) is 52.6 Å². The summed E-state index contributed by atoms with van der Waals surface area (Å²) in [6.45, 7) is 1.67. The summed E-state index contributed by atoms with van der Waals surface area (Å²) in [5.74, 6) is 0. The lowest BCUT2D eigenvalue weighted by molar-refractivity contribution is 0.156. The molecule has 2 fully saturated rings. The quantitative estimate of drug-likeness (QED) is 0.559. The maximum atomic E-state index is 10.5. The van der Waals surface area contributed by atoms with Crippen molar-refractivity contribution in [2.45, 2.75) is 24.1 Å². The van der Waals surface area contributed by atoms with Crippen LogP contribution >= 0.6 is 11.9 Å². The van der Waals surface area contributed by atoms with Gasteiger partial charge in [-0.15, -0.1) is 0 Å². The highest BCUT2D eigenvalue weighted by atomic mass is 32.2. The van der Waals surface area contributed by atoms with Crippen molar-refractivity contribution in [3.05, 3.63) is 0 Å². The van der Waals surface area contributed by atoms with Crippen molar-refractivity contribution < 1.29 is 9.90 Å². The Hall–Kier alpha value is -0.420. The predicted molar refractivity (Wildman–Crippen MR) is 46.9 cm³/mol. The molecular formula is C7H12N2O2S. The van der Waals surface area contributed by atoms with Crippen molar-refractivity contribution in [2.24, 2.45) is 0 Å². The third-order valence-electron chi connectivity index (χ3n) is 2.35. The fraction of sp³-hybridized carbons (Fsp3) is 0.857. The number of amides is 1. The molecule has 5 heteroatoms. The van der Waals surface area contributed by atoms with Crippen molar-refractivity contribution in [3.8, 4) is 0 Å². The van der Waals surface area contributed by atoms with E-state index in [2.05, 4.69) is 5.32 Å². The lowest BCUT2D eigenvalue weighted by atomic mass is 10.0. The maximum absolute atomic E-state index is 10.5. The van der Waals surface area contributed by atoms with E-state index in [0.717, 1.165) is 13.0 Å². The van der Waals surface area contributed by atoms with Crippen LogP contribution in [-0.4, -0.2) is 33.5 Å². The summed E-state index contributed by atoms with van der Waals surface area (Å²) in [6.07, 6.45) is 2.71. The van der Waals surface area contributed by atoms with Crippen molar-refractivity contribution in [3.63, 3.8) is 0 Å². The minimum Gasteiger partial charge on any atom is -0.464 e. The molecule has 0 saturated carbocycles. The molecule has 2 N–H and O–H groups in total. The molecule has 0 aliphatic carbocycles. The van der Waals surface area contributed by atoms with E-state index < -0.39 is 6.09 Å². The minimum absolute atomic E-state index is 0.0661. The first-order valence-electron chi connectivity index (χ1n) is 4.16. The summed E-state index contributed by atoms with van der Waals surface area (Å²) >= 11 is 1.43. The summed E-state index contributed by atoms with van der Waals surface area (Å²) in [5.41, 5.74) is 0. The second-order valence-electron chi connectivity index (χ2n) is 3.29. The molecule has 2 aliphatic heterocycles. The van der Waals surface area contributed by atoms with Crippen LogP contribution in [0.1, 0.15) is 19.3 Å². The van der Waals surface area contributed by atoms with Crippen molar-refractivity contribution >= 4 is 18.0 Å². The first-order valence-corrected chi connectivity index (χ1v) is 4.94. The Morgan fingerprint density at radius 1 is 1.58 bits per heavy atom. The lowest BCUT2D eigenvalue weighted by Crippen LogP contribution is -2.62. The monoisotopic (exact) mass is 188 g/mol. The van der Waals surface area contributed by atoms with Gasteiger partial charge in [-0.05, 0) is 37.8 Å².